The fourth-order valence-electron chi connectivity index (χ4n) is 2.88. The van der Waals surface area contributed by atoms with Crippen molar-refractivity contribution in [1.29, 1.82) is 0 Å². The summed E-state index contributed by atoms with van der Waals surface area (Å²) >= 11 is 0. The van der Waals surface area contributed by atoms with Crippen molar-refractivity contribution in [3.63, 3.8) is 0 Å². The highest BCUT2D eigenvalue weighted by molar-refractivity contribution is 6.03. The molecule has 0 atom stereocenters. The van der Waals surface area contributed by atoms with Gasteiger partial charge < -0.3 is 9.09 Å². The predicted molar refractivity (Wildman–Crippen MR) is 80.7 cm³/mol. The van der Waals surface area contributed by atoms with Crippen LogP contribution in [0.4, 0.5) is 0 Å². The van der Waals surface area contributed by atoms with Crippen molar-refractivity contribution in [3.8, 4) is 11.3 Å². The summed E-state index contributed by atoms with van der Waals surface area (Å²) in [4.78, 5) is 0. The van der Waals surface area contributed by atoms with Crippen molar-refractivity contribution < 1.29 is 4.52 Å². The number of benzene rings is 2. The lowest BCUT2D eigenvalue weighted by Gasteiger charge is -1.99. The van der Waals surface area contributed by atoms with Gasteiger partial charge in [0, 0.05) is 34.6 Å². The van der Waals surface area contributed by atoms with Crippen molar-refractivity contribution in [1.82, 2.24) is 9.72 Å². The van der Waals surface area contributed by atoms with Crippen LogP contribution in [0, 0.1) is 6.92 Å². The van der Waals surface area contributed by atoms with Gasteiger partial charge in [-0.15, -0.1) is 0 Å². The molecule has 0 amide bonds. The topological polar surface area (TPSA) is 31.0 Å². The molecule has 3 heteroatoms. The van der Waals surface area contributed by atoms with Gasteiger partial charge in [-0.3, -0.25) is 0 Å². The number of aryl methyl sites for hydroxylation is 1. The maximum atomic E-state index is 5.64. The van der Waals surface area contributed by atoms with E-state index in [-0.39, 0.29) is 0 Å². The van der Waals surface area contributed by atoms with Gasteiger partial charge in [-0.2, -0.15) is 0 Å². The predicted octanol–water partition coefficient (Wildman–Crippen LogP) is 4.29. The van der Waals surface area contributed by atoms with Crippen LogP contribution in [-0.2, 0) is 7.05 Å². The van der Waals surface area contributed by atoms with Gasteiger partial charge in [0.2, 0.25) is 0 Å². The van der Waals surface area contributed by atoms with E-state index in [0.29, 0.717) is 0 Å². The second-order valence-corrected chi connectivity index (χ2v) is 5.07. The lowest BCUT2D eigenvalue weighted by molar-refractivity contribution is 0.441. The first-order valence-corrected chi connectivity index (χ1v) is 6.66. The van der Waals surface area contributed by atoms with Crippen LogP contribution in [0.5, 0.6) is 0 Å². The van der Waals surface area contributed by atoms with E-state index >= 15 is 0 Å². The van der Waals surface area contributed by atoms with Crippen LogP contribution in [-0.4, -0.2) is 9.72 Å². The fraction of sp³-hybridized carbons (Fsp3) is 0.118. The van der Waals surface area contributed by atoms with Crippen LogP contribution in [0.1, 0.15) is 5.69 Å². The summed E-state index contributed by atoms with van der Waals surface area (Å²) in [6, 6.07) is 16.4. The van der Waals surface area contributed by atoms with Gasteiger partial charge >= 0.3 is 0 Å². The minimum atomic E-state index is 0.856. The molecule has 0 saturated carbocycles. The summed E-state index contributed by atoms with van der Waals surface area (Å²) in [5.41, 5.74) is 4.43. The SMILES string of the molecule is Cc1c(-c2onc3ccccc23)c2ccccc2n1C. The van der Waals surface area contributed by atoms with Gasteiger partial charge in [0.1, 0.15) is 5.52 Å². The second-order valence-electron chi connectivity index (χ2n) is 5.07. The summed E-state index contributed by atoms with van der Waals surface area (Å²) in [7, 11) is 2.08. The van der Waals surface area contributed by atoms with E-state index in [4.69, 9.17) is 4.52 Å². The highest BCUT2D eigenvalue weighted by Gasteiger charge is 2.19. The molecule has 0 unspecified atom stereocenters. The number of aromatic nitrogens is 2. The standard InChI is InChI=1S/C17H14N2O/c1-11-16(13-8-4-6-10-15(13)19(11)2)17-12-7-3-5-9-14(12)18-20-17/h3-10H,1-2H3. The first-order chi connectivity index (χ1) is 9.77. The van der Waals surface area contributed by atoms with E-state index in [0.717, 1.165) is 22.2 Å². The van der Waals surface area contributed by atoms with Gasteiger partial charge in [-0.1, -0.05) is 35.5 Å². The Morgan fingerprint density at radius 3 is 2.50 bits per heavy atom. The molecule has 0 bridgehead atoms. The van der Waals surface area contributed by atoms with Gasteiger partial charge in [0.05, 0.1) is 0 Å². The van der Waals surface area contributed by atoms with Crippen molar-refractivity contribution in [3.05, 3.63) is 54.2 Å². The number of hydrogen-bond acceptors (Lipinski definition) is 2. The maximum Gasteiger partial charge on any atom is 0.177 e. The van der Waals surface area contributed by atoms with E-state index in [9.17, 15) is 0 Å². The molecule has 20 heavy (non-hydrogen) atoms. The Morgan fingerprint density at radius 1 is 0.950 bits per heavy atom. The van der Waals surface area contributed by atoms with Crippen molar-refractivity contribution in [2.24, 2.45) is 7.05 Å². The molecule has 0 spiro atoms. The lowest BCUT2D eigenvalue weighted by Crippen LogP contribution is -1.90. The monoisotopic (exact) mass is 262 g/mol. The number of fused-ring (bicyclic) bond motifs is 2. The molecule has 0 N–H and O–H groups in total. The average molecular weight is 262 g/mol. The Kier molecular flexibility index (Phi) is 2.24. The number of nitrogens with zero attached hydrogens (tertiary/aromatic N) is 2. The number of hydrogen-bond donors (Lipinski definition) is 0. The summed E-state index contributed by atoms with van der Waals surface area (Å²) in [6.45, 7) is 2.12. The summed E-state index contributed by atoms with van der Waals surface area (Å²) in [6.07, 6.45) is 0. The molecule has 0 aliphatic carbocycles. The van der Waals surface area contributed by atoms with Gasteiger partial charge in [-0.25, -0.2) is 0 Å². The zero-order chi connectivity index (χ0) is 13.7. The van der Waals surface area contributed by atoms with Crippen molar-refractivity contribution >= 4 is 21.8 Å². The van der Waals surface area contributed by atoms with E-state index in [1.807, 2.05) is 18.2 Å². The van der Waals surface area contributed by atoms with E-state index in [1.54, 1.807) is 0 Å². The molecular formula is C17H14N2O. The highest BCUT2D eigenvalue weighted by atomic mass is 16.5. The quantitative estimate of drug-likeness (QED) is 0.512. The Hall–Kier alpha value is -2.55. The molecule has 3 nitrogen and oxygen atoms in total. The largest absolute Gasteiger partial charge is 0.355 e. The Morgan fingerprint density at radius 2 is 1.65 bits per heavy atom. The van der Waals surface area contributed by atoms with E-state index in [2.05, 4.69) is 54.0 Å². The summed E-state index contributed by atoms with van der Waals surface area (Å²) < 4.78 is 7.84. The van der Waals surface area contributed by atoms with Gasteiger partial charge in [-0.05, 0) is 25.1 Å². The van der Waals surface area contributed by atoms with Crippen LogP contribution in [0.2, 0.25) is 0 Å². The first-order valence-electron chi connectivity index (χ1n) is 6.66. The zero-order valence-electron chi connectivity index (χ0n) is 11.4. The minimum absolute atomic E-state index is 0.856. The van der Waals surface area contributed by atoms with Gasteiger partial charge in [0.25, 0.3) is 0 Å². The van der Waals surface area contributed by atoms with Crippen LogP contribution in [0.15, 0.2) is 53.1 Å². The molecule has 0 aliphatic heterocycles. The van der Waals surface area contributed by atoms with Crippen LogP contribution < -0.4 is 0 Å². The molecule has 0 radical (unpaired) electrons. The summed E-state index contributed by atoms with van der Waals surface area (Å²) in [5, 5.41) is 6.43. The maximum absolute atomic E-state index is 5.64. The van der Waals surface area contributed by atoms with E-state index < -0.39 is 0 Å². The molecule has 2 heterocycles. The molecule has 98 valence electrons. The Labute approximate surface area is 116 Å². The van der Waals surface area contributed by atoms with Gasteiger partial charge in [0.15, 0.2) is 5.76 Å². The second kappa shape index (κ2) is 3.97. The normalized spacial score (nSPS) is 11.5. The first kappa shape index (κ1) is 11.3. The lowest BCUT2D eigenvalue weighted by atomic mass is 10.1. The number of para-hydroxylation sites is 1. The minimum Gasteiger partial charge on any atom is -0.355 e. The summed E-state index contributed by atoms with van der Waals surface area (Å²) in [5.74, 6) is 0.856. The average Bonchev–Trinajstić information content (AvgIpc) is 3.01. The third kappa shape index (κ3) is 1.37. The molecule has 0 fully saturated rings. The third-order valence-electron chi connectivity index (χ3n) is 4.01. The third-order valence-corrected chi connectivity index (χ3v) is 4.01. The molecule has 4 aromatic rings. The number of rotatable bonds is 1. The molecule has 2 aromatic carbocycles. The fourth-order valence-corrected chi connectivity index (χ4v) is 2.88. The smallest absolute Gasteiger partial charge is 0.177 e. The highest BCUT2D eigenvalue weighted by Crippen LogP contribution is 2.37. The van der Waals surface area contributed by atoms with Crippen LogP contribution >= 0.6 is 0 Å². The Balaban J connectivity index is 2.15. The van der Waals surface area contributed by atoms with Crippen LogP contribution in [0.25, 0.3) is 33.1 Å². The molecule has 0 aliphatic rings. The molecular weight excluding hydrogens is 248 g/mol. The van der Waals surface area contributed by atoms with E-state index in [1.165, 1.54) is 16.6 Å². The zero-order valence-corrected chi connectivity index (χ0v) is 11.4. The molecule has 4 rings (SSSR count). The van der Waals surface area contributed by atoms with Crippen molar-refractivity contribution in [2.75, 3.05) is 0 Å². The van der Waals surface area contributed by atoms with Crippen molar-refractivity contribution in [2.45, 2.75) is 6.92 Å². The van der Waals surface area contributed by atoms with Crippen LogP contribution in [0.3, 0.4) is 0 Å². The Bertz CT molecular complexity index is 931. The molecule has 0 saturated heterocycles. The molecule has 2 aromatic heterocycles.